The fourth-order valence-electron chi connectivity index (χ4n) is 2.69. The van der Waals surface area contributed by atoms with Gasteiger partial charge in [-0.1, -0.05) is 30.3 Å². The van der Waals surface area contributed by atoms with Crippen LogP contribution < -0.4 is 4.74 Å². The van der Waals surface area contributed by atoms with Crippen LogP contribution in [0, 0.1) is 6.92 Å². The molecular formula is C17H14N2OS. The van der Waals surface area contributed by atoms with Crippen LogP contribution in [0.3, 0.4) is 0 Å². The fraction of sp³-hybridized carbons (Fsp3) is 0.118. The third-order valence-corrected chi connectivity index (χ3v) is 4.71. The maximum absolute atomic E-state index is 5.67. The van der Waals surface area contributed by atoms with Crippen LogP contribution >= 0.6 is 11.3 Å². The lowest BCUT2D eigenvalue weighted by atomic mass is 10.0. The number of benzene rings is 2. The van der Waals surface area contributed by atoms with Crippen molar-refractivity contribution in [2.75, 3.05) is 7.11 Å². The maximum Gasteiger partial charge on any atom is 0.194 e. The maximum atomic E-state index is 5.67. The molecule has 0 N–H and O–H groups in total. The van der Waals surface area contributed by atoms with Crippen LogP contribution in [0.2, 0.25) is 0 Å². The molecule has 0 atom stereocenters. The largest absolute Gasteiger partial charge is 0.495 e. The quantitative estimate of drug-likeness (QED) is 0.543. The number of ether oxygens (including phenoxy) is 1. The molecule has 0 aliphatic heterocycles. The van der Waals surface area contributed by atoms with Crippen LogP contribution in [0.5, 0.6) is 5.75 Å². The third-order valence-electron chi connectivity index (χ3n) is 3.75. The minimum Gasteiger partial charge on any atom is -0.495 e. The zero-order chi connectivity index (χ0) is 14.4. The van der Waals surface area contributed by atoms with Crippen molar-refractivity contribution in [1.82, 2.24) is 9.38 Å². The van der Waals surface area contributed by atoms with Crippen molar-refractivity contribution in [3.63, 3.8) is 0 Å². The van der Waals surface area contributed by atoms with Gasteiger partial charge in [-0.15, -0.1) is 11.3 Å². The van der Waals surface area contributed by atoms with Crippen molar-refractivity contribution in [3.8, 4) is 17.0 Å². The number of aryl methyl sites for hydroxylation is 1. The van der Waals surface area contributed by atoms with E-state index in [4.69, 9.17) is 9.72 Å². The number of hydrogen-bond acceptors (Lipinski definition) is 3. The molecule has 2 aromatic carbocycles. The van der Waals surface area contributed by atoms with E-state index in [9.17, 15) is 0 Å². The number of imidazole rings is 1. The lowest BCUT2D eigenvalue weighted by molar-refractivity contribution is 0.421. The van der Waals surface area contributed by atoms with Crippen LogP contribution in [0.15, 0.2) is 48.0 Å². The van der Waals surface area contributed by atoms with Crippen LogP contribution in [-0.2, 0) is 0 Å². The summed E-state index contributed by atoms with van der Waals surface area (Å²) in [6, 6.07) is 12.5. The van der Waals surface area contributed by atoms with Crippen LogP contribution in [0.1, 0.15) is 5.69 Å². The first kappa shape index (κ1) is 12.4. The molecule has 0 bridgehead atoms. The Labute approximate surface area is 126 Å². The summed E-state index contributed by atoms with van der Waals surface area (Å²) in [4.78, 5) is 5.73. The molecule has 0 amide bonds. The minimum atomic E-state index is 0.886. The van der Waals surface area contributed by atoms with Gasteiger partial charge in [-0.25, -0.2) is 4.98 Å². The van der Waals surface area contributed by atoms with Crippen LogP contribution in [0.25, 0.3) is 27.0 Å². The van der Waals surface area contributed by atoms with Gasteiger partial charge >= 0.3 is 0 Å². The second-order valence-corrected chi connectivity index (χ2v) is 5.86. The number of hydrogen-bond donors (Lipinski definition) is 0. The Morgan fingerprint density at radius 3 is 2.81 bits per heavy atom. The predicted molar refractivity (Wildman–Crippen MR) is 87.3 cm³/mol. The number of methoxy groups -OCH3 is 1. The highest BCUT2D eigenvalue weighted by Crippen LogP contribution is 2.36. The molecule has 2 aromatic heterocycles. The Morgan fingerprint density at radius 2 is 2.00 bits per heavy atom. The highest BCUT2D eigenvalue weighted by Gasteiger charge is 2.14. The van der Waals surface area contributed by atoms with Gasteiger partial charge in [0.05, 0.1) is 12.8 Å². The number of thiazole rings is 1. The van der Waals surface area contributed by atoms with Crippen molar-refractivity contribution in [1.29, 1.82) is 0 Å². The van der Waals surface area contributed by atoms with E-state index in [0.29, 0.717) is 0 Å². The molecule has 0 saturated carbocycles. The van der Waals surface area contributed by atoms with Gasteiger partial charge in [-0.05, 0) is 18.4 Å². The second-order valence-electron chi connectivity index (χ2n) is 5.02. The first-order valence-electron chi connectivity index (χ1n) is 6.77. The summed E-state index contributed by atoms with van der Waals surface area (Å²) in [5.74, 6) is 0.886. The molecule has 4 aromatic rings. The second kappa shape index (κ2) is 4.60. The smallest absolute Gasteiger partial charge is 0.194 e. The summed E-state index contributed by atoms with van der Waals surface area (Å²) in [7, 11) is 1.72. The van der Waals surface area contributed by atoms with Crippen molar-refractivity contribution < 1.29 is 4.74 Å². The van der Waals surface area contributed by atoms with Gasteiger partial charge in [-0.2, -0.15) is 0 Å². The van der Waals surface area contributed by atoms with Crippen molar-refractivity contribution in [2.45, 2.75) is 6.92 Å². The van der Waals surface area contributed by atoms with Gasteiger partial charge in [0.2, 0.25) is 0 Å². The Morgan fingerprint density at radius 1 is 1.14 bits per heavy atom. The fourth-order valence-corrected chi connectivity index (χ4v) is 3.54. The van der Waals surface area contributed by atoms with E-state index in [1.54, 1.807) is 18.4 Å². The molecule has 0 aliphatic rings. The summed E-state index contributed by atoms with van der Waals surface area (Å²) in [5.41, 5.74) is 3.19. The molecule has 104 valence electrons. The SMILES string of the molecule is COc1c(-c2cn3c(C)csc3n2)ccc2ccccc12. The van der Waals surface area contributed by atoms with Crippen molar-refractivity contribution in [2.24, 2.45) is 0 Å². The average Bonchev–Trinajstić information content (AvgIpc) is 3.08. The van der Waals surface area contributed by atoms with E-state index in [2.05, 4.69) is 47.2 Å². The average molecular weight is 294 g/mol. The Balaban J connectivity index is 2.00. The molecule has 0 aliphatic carbocycles. The lowest BCUT2D eigenvalue weighted by Crippen LogP contribution is -1.90. The normalized spacial score (nSPS) is 11.3. The highest BCUT2D eigenvalue weighted by molar-refractivity contribution is 7.15. The number of rotatable bonds is 2. The molecule has 0 saturated heterocycles. The van der Waals surface area contributed by atoms with Gasteiger partial charge in [-0.3, -0.25) is 4.40 Å². The topological polar surface area (TPSA) is 26.5 Å². The van der Waals surface area contributed by atoms with Crippen molar-refractivity contribution in [3.05, 3.63) is 53.7 Å². The van der Waals surface area contributed by atoms with E-state index in [1.807, 2.05) is 12.1 Å². The van der Waals surface area contributed by atoms with Gasteiger partial charge < -0.3 is 4.74 Å². The van der Waals surface area contributed by atoms with Gasteiger partial charge in [0.1, 0.15) is 5.75 Å². The summed E-state index contributed by atoms with van der Waals surface area (Å²) in [5, 5.41) is 4.41. The zero-order valence-corrected chi connectivity index (χ0v) is 12.6. The van der Waals surface area contributed by atoms with E-state index in [-0.39, 0.29) is 0 Å². The molecule has 21 heavy (non-hydrogen) atoms. The molecule has 2 heterocycles. The van der Waals surface area contributed by atoms with E-state index in [0.717, 1.165) is 27.4 Å². The molecule has 0 unspecified atom stereocenters. The van der Waals surface area contributed by atoms with E-state index < -0.39 is 0 Å². The Kier molecular flexibility index (Phi) is 2.72. The molecule has 0 spiro atoms. The molecule has 4 rings (SSSR count). The number of nitrogens with zero attached hydrogens (tertiary/aromatic N) is 2. The van der Waals surface area contributed by atoms with Crippen LogP contribution in [0.4, 0.5) is 0 Å². The minimum absolute atomic E-state index is 0.886. The molecular weight excluding hydrogens is 280 g/mol. The number of aromatic nitrogens is 2. The standard InChI is InChI=1S/C17H14N2OS/c1-11-10-21-17-18-15(9-19(11)17)14-8-7-12-5-3-4-6-13(12)16(14)20-2/h3-10H,1-2H3. The third kappa shape index (κ3) is 1.83. The predicted octanol–water partition coefficient (Wildman–Crippen LogP) is 4.53. The molecule has 4 heteroatoms. The molecule has 3 nitrogen and oxygen atoms in total. The summed E-state index contributed by atoms with van der Waals surface area (Å²) in [6.45, 7) is 2.09. The van der Waals surface area contributed by atoms with Crippen molar-refractivity contribution >= 4 is 27.1 Å². The Bertz CT molecular complexity index is 952. The first-order chi connectivity index (χ1) is 10.3. The van der Waals surface area contributed by atoms with Gasteiger partial charge in [0.25, 0.3) is 0 Å². The van der Waals surface area contributed by atoms with E-state index in [1.165, 1.54) is 11.1 Å². The Hall–Kier alpha value is -2.33. The van der Waals surface area contributed by atoms with Gasteiger partial charge in [0.15, 0.2) is 4.96 Å². The van der Waals surface area contributed by atoms with Gasteiger partial charge in [0, 0.05) is 28.2 Å². The number of fused-ring (bicyclic) bond motifs is 2. The molecule has 0 radical (unpaired) electrons. The van der Waals surface area contributed by atoms with E-state index >= 15 is 0 Å². The summed E-state index contributed by atoms with van der Waals surface area (Å²) >= 11 is 1.66. The van der Waals surface area contributed by atoms with Crippen LogP contribution in [-0.4, -0.2) is 16.5 Å². The molecule has 0 fully saturated rings. The summed E-state index contributed by atoms with van der Waals surface area (Å²) < 4.78 is 7.79. The zero-order valence-electron chi connectivity index (χ0n) is 11.8. The summed E-state index contributed by atoms with van der Waals surface area (Å²) in [6.07, 6.45) is 2.08. The first-order valence-corrected chi connectivity index (χ1v) is 7.65. The highest BCUT2D eigenvalue weighted by atomic mass is 32.1. The monoisotopic (exact) mass is 294 g/mol. The lowest BCUT2D eigenvalue weighted by Gasteiger charge is -2.10.